The average Bonchev–Trinajstić information content (AvgIpc) is 3.42. The van der Waals surface area contributed by atoms with E-state index in [2.05, 4.69) is 17.9 Å². The third kappa shape index (κ3) is 1.52. The highest BCUT2D eigenvalue weighted by molar-refractivity contribution is 5.90. The second-order valence-electron chi connectivity index (χ2n) is 9.60. The first-order chi connectivity index (χ1) is 14.4. The van der Waals surface area contributed by atoms with E-state index >= 15 is 0 Å². The molecule has 160 valence electrons. The number of carbonyl (C=O) groups is 2. The van der Waals surface area contributed by atoms with Crippen LogP contribution in [0.2, 0.25) is 0 Å². The fourth-order valence-electron chi connectivity index (χ4n) is 8.20. The minimum Gasteiger partial charge on any atom is -0.497 e. The van der Waals surface area contributed by atoms with Crippen LogP contribution in [0.4, 0.5) is 5.69 Å². The van der Waals surface area contributed by atoms with Crippen molar-refractivity contribution in [1.82, 2.24) is 4.90 Å². The lowest BCUT2D eigenvalue weighted by atomic mass is 9.49. The van der Waals surface area contributed by atoms with Crippen LogP contribution in [0.1, 0.15) is 44.6 Å². The van der Waals surface area contributed by atoms with Crippen molar-refractivity contribution in [2.45, 2.75) is 61.8 Å². The Kier molecular flexibility index (Phi) is 3.27. The lowest BCUT2D eigenvalue weighted by Crippen LogP contribution is -2.71. The summed E-state index contributed by atoms with van der Waals surface area (Å²) < 4.78 is 17.8. The number of hydrogen-bond acceptors (Lipinski definition) is 6. The Bertz CT molecular complexity index is 996. The molecule has 1 unspecified atom stereocenters. The first-order valence-electron chi connectivity index (χ1n) is 10.9. The van der Waals surface area contributed by atoms with Gasteiger partial charge in [-0.3, -0.25) is 4.79 Å². The largest absolute Gasteiger partial charge is 0.497 e. The van der Waals surface area contributed by atoms with Crippen molar-refractivity contribution in [3.63, 3.8) is 0 Å². The predicted octanol–water partition coefficient (Wildman–Crippen LogP) is 2.22. The molecule has 1 aromatic carbocycles. The molecule has 6 rings (SSSR count). The van der Waals surface area contributed by atoms with Crippen LogP contribution in [0, 0.1) is 5.41 Å². The molecule has 5 atom stereocenters. The predicted molar refractivity (Wildman–Crippen MR) is 108 cm³/mol. The number of carbonyl (C=O) groups excluding carboxylic acids is 2. The van der Waals surface area contributed by atoms with Gasteiger partial charge in [0.05, 0.1) is 25.7 Å². The van der Waals surface area contributed by atoms with E-state index < -0.39 is 16.7 Å². The Morgan fingerprint density at radius 1 is 1.30 bits per heavy atom. The molecular weight excluding hydrogens is 384 g/mol. The zero-order chi connectivity index (χ0) is 21.1. The van der Waals surface area contributed by atoms with E-state index in [4.69, 9.17) is 14.2 Å². The number of fused-ring (bicyclic) bond motifs is 3. The second-order valence-corrected chi connectivity index (χ2v) is 9.60. The molecule has 0 N–H and O–H groups in total. The van der Waals surface area contributed by atoms with E-state index in [0.29, 0.717) is 19.4 Å². The van der Waals surface area contributed by atoms with Gasteiger partial charge in [0.15, 0.2) is 11.3 Å². The van der Waals surface area contributed by atoms with Crippen LogP contribution < -0.4 is 9.64 Å². The van der Waals surface area contributed by atoms with Gasteiger partial charge in [0.2, 0.25) is 5.91 Å². The number of hydrogen-bond donors (Lipinski definition) is 0. The number of esters is 1. The van der Waals surface area contributed by atoms with Crippen LogP contribution in [0.15, 0.2) is 18.2 Å². The summed E-state index contributed by atoms with van der Waals surface area (Å²) in [5, 5.41) is 0. The second kappa shape index (κ2) is 5.31. The Morgan fingerprint density at radius 2 is 2.10 bits per heavy atom. The first kappa shape index (κ1) is 18.5. The fourth-order valence-corrected chi connectivity index (χ4v) is 8.20. The lowest BCUT2D eigenvalue weighted by molar-refractivity contribution is -0.211. The monoisotopic (exact) mass is 412 g/mol. The number of ether oxygens (including phenoxy) is 3. The van der Waals surface area contributed by atoms with Gasteiger partial charge in [0.25, 0.3) is 0 Å². The van der Waals surface area contributed by atoms with Gasteiger partial charge in [-0.2, -0.15) is 0 Å². The number of benzene rings is 1. The molecular formula is C23H28N2O5. The third-order valence-electron chi connectivity index (χ3n) is 9.05. The molecule has 0 aromatic heterocycles. The maximum atomic E-state index is 13.4. The number of nitrogens with zero attached hydrogens (tertiary/aromatic N) is 2. The van der Waals surface area contributed by atoms with Gasteiger partial charge in [0, 0.05) is 37.2 Å². The van der Waals surface area contributed by atoms with Gasteiger partial charge in [-0.05, 0) is 37.3 Å². The Balaban J connectivity index is 1.70. The van der Waals surface area contributed by atoms with E-state index in [0.717, 1.165) is 36.3 Å². The molecule has 7 nitrogen and oxygen atoms in total. The molecule has 1 amide bonds. The van der Waals surface area contributed by atoms with Gasteiger partial charge < -0.3 is 24.0 Å². The number of rotatable bonds is 3. The minimum atomic E-state index is -1.09. The zero-order valence-electron chi connectivity index (χ0n) is 18.0. The van der Waals surface area contributed by atoms with Gasteiger partial charge in [0.1, 0.15) is 5.75 Å². The molecule has 7 heteroatoms. The zero-order valence-corrected chi connectivity index (χ0v) is 18.0. The smallest absolute Gasteiger partial charge is 0.340 e. The van der Waals surface area contributed by atoms with Crippen molar-refractivity contribution < 1.29 is 23.8 Å². The summed E-state index contributed by atoms with van der Waals surface area (Å²) in [4.78, 5) is 30.7. The molecule has 1 aromatic rings. The summed E-state index contributed by atoms with van der Waals surface area (Å²) in [5.41, 5.74) is -0.392. The van der Waals surface area contributed by atoms with Crippen LogP contribution in [0.3, 0.4) is 0 Å². The highest BCUT2D eigenvalue weighted by Gasteiger charge is 2.91. The average molecular weight is 412 g/mol. The van der Waals surface area contributed by atoms with Crippen LogP contribution in [-0.2, 0) is 24.5 Å². The van der Waals surface area contributed by atoms with Crippen molar-refractivity contribution in [3.05, 3.63) is 23.8 Å². The normalized spacial score (nSPS) is 42.3. The summed E-state index contributed by atoms with van der Waals surface area (Å²) in [6, 6.07) is 5.94. The van der Waals surface area contributed by atoms with Crippen molar-refractivity contribution >= 4 is 17.6 Å². The van der Waals surface area contributed by atoms with Crippen molar-refractivity contribution in [2.75, 3.05) is 32.7 Å². The fraction of sp³-hybridized carbons (Fsp3) is 0.652. The van der Waals surface area contributed by atoms with E-state index in [-0.39, 0.29) is 23.3 Å². The maximum Gasteiger partial charge on any atom is 0.340 e. The Labute approximate surface area is 176 Å². The molecule has 0 saturated carbocycles. The Morgan fingerprint density at radius 3 is 2.80 bits per heavy atom. The van der Waals surface area contributed by atoms with Crippen molar-refractivity contribution in [3.8, 4) is 5.75 Å². The van der Waals surface area contributed by atoms with E-state index in [9.17, 15) is 9.59 Å². The van der Waals surface area contributed by atoms with Crippen LogP contribution in [-0.4, -0.2) is 62.0 Å². The maximum absolute atomic E-state index is 13.4. The first-order valence-corrected chi connectivity index (χ1v) is 10.9. The highest BCUT2D eigenvalue weighted by atomic mass is 16.6. The van der Waals surface area contributed by atoms with E-state index in [1.165, 1.54) is 7.11 Å². The number of piperidine rings is 1. The molecule has 5 heterocycles. The molecule has 5 aliphatic heterocycles. The van der Waals surface area contributed by atoms with Crippen LogP contribution in [0.25, 0.3) is 0 Å². The molecule has 5 aliphatic rings. The molecule has 2 spiro atoms. The minimum absolute atomic E-state index is 0.141. The topological polar surface area (TPSA) is 68.3 Å². The molecule has 0 radical (unpaired) electrons. The van der Waals surface area contributed by atoms with E-state index in [1.54, 1.807) is 7.11 Å². The summed E-state index contributed by atoms with van der Waals surface area (Å²) in [6.07, 6.45) is 3.51. The van der Waals surface area contributed by atoms with Gasteiger partial charge in [-0.25, -0.2) is 4.79 Å². The Hall–Kier alpha value is -2.28. The van der Waals surface area contributed by atoms with Gasteiger partial charge >= 0.3 is 5.97 Å². The summed E-state index contributed by atoms with van der Waals surface area (Å²) in [5.74, 6) is 0.602. The molecule has 30 heavy (non-hydrogen) atoms. The van der Waals surface area contributed by atoms with Crippen molar-refractivity contribution in [2.24, 2.45) is 5.41 Å². The third-order valence-corrected chi connectivity index (χ3v) is 9.05. The van der Waals surface area contributed by atoms with Crippen LogP contribution >= 0.6 is 0 Å². The summed E-state index contributed by atoms with van der Waals surface area (Å²) in [7, 11) is 5.13. The van der Waals surface area contributed by atoms with Crippen molar-refractivity contribution in [1.29, 1.82) is 0 Å². The number of amides is 1. The quantitative estimate of drug-likeness (QED) is 0.709. The van der Waals surface area contributed by atoms with Crippen LogP contribution in [0.5, 0.6) is 5.75 Å². The molecule has 2 bridgehead atoms. The molecule has 0 aliphatic carbocycles. The standard InChI is InChI=1S/C23H28N2O5/c1-5-20-9-8-17(26)25-11-10-21-15-7-6-14(28-3)12-16(15)24(2)18(21)22(13-20,19(27)29-4)30-23(20,21)25/h6-7,12,18H,5,8-11,13H2,1-4H3/t18-,20+,21?,22-,23+/m1/s1. The number of anilines is 1. The summed E-state index contributed by atoms with van der Waals surface area (Å²) in [6.45, 7) is 2.83. The van der Waals surface area contributed by atoms with Gasteiger partial charge in [-0.1, -0.05) is 13.0 Å². The molecule has 4 saturated heterocycles. The van der Waals surface area contributed by atoms with Gasteiger partial charge in [-0.15, -0.1) is 0 Å². The molecule has 4 fully saturated rings. The summed E-state index contributed by atoms with van der Waals surface area (Å²) >= 11 is 0. The van der Waals surface area contributed by atoms with E-state index in [1.807, 2.05) is 24.1 Å². The SMILES string of the molecule is CC[C@]12CCC(=O)N3CCC45c6ccc(OC)cc6N(C)[C@H]4[C@@](C(=O)OC)(C1)O[C@]352. The number of methoxy groups -OCH3 is 2. The highest BCUT2D eigenvalue weighted by Crippen LogP contribution is 2.79. The lowest BCUT2D eigenvalue weighted by Gasteiger charge is -2.57. The number of likely N-dealkylation sites (N-methyl/N-ethyl adjacent to an activating group) is 1.